The van der Waals surface area contributed by atoms with Crippen LogP contribution in [-0.4, -0.2) is 23.2 Å². The molecule has 0 bridgehead atoms. The standard InChI is InChI=1S/C15H16N4O2S2/c1-10(11-2-3-11)19-9-13(7-17-19)18-23(20,21)14-6-12-4-5-22-15(12)16-8-14/h4-11,18H,2-3H2,1H3. The largest absolute Gasteiger partial charge is 0.276 e. The number of sulfonamides is 1. The highest BCUT2D eigenvalue weighted by Gasteiger charge is 2.29. The van der Waals surface area contributed by atoms with Gasteiger partial charge >= 0.3 is 0 Å². The SMILES string of the molecule is CC(C1CC1)n1cc(NS(=O)(=O)c2cnc3sccc3c2)cn1. The Balaban J connectivity index is 1.59. The molecule has 0 spiro atoms. The predicted molar refractivity (Wildman–Crippen MR) is 90.1 cm³/mol. The molecule has 1 aliphatic rings. The molecule has 0 aromatic carbocycles. The van der Waals surface area contributed by atoms with Crippen molar-refractivity contribution in [2.24, 2.45) is 5.92 Å². The first-order valence-electron chi connectivity index (χ1n) is 7.43. The number of thiophene rings is 1. The number of nitrogens with zero attached hydrogens (tertiary/aromatic N) is 3. The minimum atomic E-state index is -3.66. The number of hydrogen-bond acceptors (Lipinski definition) is 5. The van der Waals surface area contributed by atoms with Crippen molar-refractivity contribution in [3.05, 3.63) is 36.1 Å². The fourth-order valence-corrected chi connectivity index (χ4v) is 4.34. The van der Waals surface area contributed by atoms with Gasteiger partial charge < -0.3 is 0 Å². The second kappa shape index (κ2) is 5.31. The molecule has 3 aromatic rings. The van der Waals surface area contributed by atoms with Crippen molar-refractivity contribution in [2.75, 3.05) is 4.72 Å². The molecule has 3 aromatic heterocycles. The lowest BCUT2D eigenvalue weighted by atomic mass is 10.2. The Hall–Kier alpha value is -1.93. The lowest BCUT2D eigenvalue weighted by molar-refractivity contribution is 0.440. The van der Waals surface area contributed by atoms with E-state index >= 15 is 0 Å². The van der Waals surface area contributed by atoms with Gasteiger partial charge in [-0.05, 0) is 43.2 Å². The lowest BCUT2D eigenvalue weighted by Gasteiger charge is -2.10. The van der Waals surface area contributed by atoms with E-state index in [1.165, 1.54) is 30.4 Å². The first kappa shape index (κ1) is 14.6. The van der Waals surface area contributed by atoms with Crippen LogP contribution in [0.5, 0.6) is 0 Å². The molecule has 1 atom stereocenters. The number of aromatic nitrogens is 3. The Labute approximate surface area is 138 Å². The summed E-state index contributed by atoms with van der Waals surface area (Å²) in [7, 11) is -3.66. The fraction of sp³-hybridized carbons (Fsp3) is 0.333. The number of nitrogens with one attached hydrogen (secondary N) is 1. The van der Waals surface area contributed by atoms with E-state index in [0.29, 0.717) is 17.6 Å². The van der Waals surface area contributed by atoms with Gasteiger partial charge in [-0.3, -0.25) is 9.40 Å². The van der Waals surface area contributed by atoms with Crippen molar-refractivity contribution in [1.82, 2.24) is 14.8 Å². The van der Waals surface area contributed by atoms with Crippen LogP contribution in [-0.2, 0) is 10.0 Å². The van der Waals surface area contributed by atoms with Gasteiger partial charge in [0.05, 0.1) is 17.9 Å². The van der Waals surface area contributed by atoms with E-state index in [9.17, 15) is 8.42 Å². The lowest BCUT2D eigenvalue weighted by Crippen LogP contribution is -2.13. The number of fused-ring (bicyclic) bond motifs is 1. The molecule has 3 heterocycles. The summed E-state index contributed by atoms with van der Waals surface area (Å²) in [5, 5.41) is 7.00. The highest BCUT2D eigenvalue weighted by atomic mass is 32.2. The molecule has 0 aliphatic heterocycles. The van der Waals surface area contributed by atoms with Gasteiger partial charge in [-0.25, -0.2) is 13.4 Å². The molecule has 0 saturated heterocycles. The van der Waals surface area contributed by atoms with Gasteiger partial charge in [-0.15, -0.1) is 11.3 Å². The van der Waals surface area contributed by atoms with Gasteiger partial charge in [0, 0.05) is 17.8 Å². The van der Waals surface area contributed by atoms with Gasteiger partial charge in [0.1, 0.15) is 9.73 Å². The molecule has 1 saturated carbocycles. The Morgan fingerprint density at radius 3 is 3.00 bits per heavy atom. The molecule has 6 nitrogen and oxygen atoms in total. The van der Waals surface area contributed by atoms with Crippen LogP contribution < -0.4 is 4.72 Å². The van der Waals surface area contributed by atoms with E-state index < -0.39 is 10.0 Å². The minimum absolute atomic E-state index is 0.159. The first-order valence-corrected chi connectivity index (χ1v) is 9.79. The molecule has 8 heteroatoms. The summed E-state index contributed by atoms with van der Waals surface area (Å²) in [6.45, 7) is 2.11. The molecule has 1 aliphatic carbocycles. The maximum atomic E-state index is 12.5. The van der Waals surface area contributed by atoms with Gasteiger partial charge in [0.25, 0.3) is 10.0 Å². The third-order valence-corrected chi connectivity index (χ3v) is 6.35. The maximum absolute atomic E-state index is 12.5. The predicted octanol–water partition coefficient (Wildman–Crippen LogP) is 3.26. The molecule has 0 amide bonds. The van der Waals surface area contributed by atoms with Crippen LogP contribution in [0.3, 0.4) is 0 Å². The maximum Gasteiger partial charge on any atom is 0.263 e. The summed E-state index contributed by atoms with van der Waals surface area (Å²) in [5.41, 5.74) is 0.475. The average Bonchev–Trinajstić information content (AvgIpc) is 3.09. The van der Waals surface area contributed by atoms with E-state index in [1.54, 1.807) is 18.5 Å². The molecule has 4 rings (SSSR count). The zero-order valence-corrected chi connectivity index (χ0v) is 14.1. The van der Waals surface area contributed by atoms with Crippen LogP contribution in [0, 0.1) is 5.92 Å². The van der Waals surface area contributed by atoms with Crippen LogP contribution in [0.2, 0.25) is 0 Å². The first-order chi connectivity index (χ1) is 11.0. The molecular formula is C15H16N4O2S2. The van der Waals surface area contributed by atoms with Crippen molar-refractivity contribution in [2.45, 2.75) is 30.7 Å². The topological polar surface area (TPSA) is 76.9 Å². The van der Waals surface area contributed by atoms with E-state index in [2.05, 4.69) is 21.7 Å². The van der Waals surface area contributed by atoms with E-state index in [0.717, 1.165) is 10.2 Å². The summed E-state index contributed by atoms with van der Waals surface area (Å²) in [6, 6.07) is 3.80. The molecule has 0 radical (unpaired) electrons. The monoisotopic (exact) mass is 348 g/mol. The zero-order valence-electron chi connectivity index (χ0n) is 12.5. The molecule has 1 fully saturated rings. The molecule has 1 N–H and O–H groups in total. The second-order valence-corrected chi connectivity index (χ2v) is 8.46. The van der Waals surface area contributed by atoms with E-state index in [-0.39, 0.29) is 4.90 Å². The Morgan fingerprint density at radius 1 is 1.39 bits per heavy atom. The van der Waals surface area contributed by atoms with Crippen molar-refractivity contribution >= 4 is 37.3 Å². The van der Waals surface area contributed by atoms with Crippen LogP contribution in [0.25, 0.3) is 10.2 Å². The second-order valence-electron chi connectivity index (χ2n) is 5.88. The average molecular weight is 348 g/mol. The summed E-state index contributed by atoms with van der Waals surface area (Å²) in [5.74, 6) is 0.657. The Morgan fingerprint density at radius 2 is 2.22 bits per heavy atom. The Kier molecular flexibility index (Phi) is 3.38. The number of hydrogen-bond donors (Lipinski definition) is 1. The highest BCUT2D eigenvalue weighted by Crippen LogP contribution is 2.39. The quantitative estimate of drug-likeness (QED) is 0.768. The summed E-state index contributed by atoms with van der Waals surface area (Å²) >= 11 is 1.49. The van der Waals surface area contributed by atoms with Gasteiger partial charge in [-0.1, -0.05) is 0 Å². The molecule has 1 unspecified atom stereocenters. The third-order valence-electron chi connectivity index (χ3n) is 4.17. The number of rotatable bonds is 5. The fourth-order valence-electron chi connectivity index (χ4n) is 2.61. The minimum Gasteiger partial charge on any atom is -0.276 e. The summed E-state index contributed by atoms with van der Waals surface area (Å²) in [6.07, 6.45) is 7.12. The molecule has 120 valence electrons. The highest BCUT2D eigenvalue weighted by molar-refractivity contribution is 7.92. The smallest absolute Gasteiger partial charge is 0.263 e. The third kappa shape index (κ3) is 2.84. The van der Waals surface area contributed by atoms with Gasteiger partial charge in [0.15, 0.2) is 0 Å². The van der Waals surface area contributed by atoms with Crippen molar-refractivity contribution < 1.29 is 8.42 Å². The van der Waals surface area contributed by atoms with Crippen molar-refractivity contribution in [3.8, 4) is 0 Å². The van der Waals surface area contributed by atoms with Crippen LogP contribution in [0.4, 0.5) is 5.69 Å². The van der Waals surface area contributed by atoms with Gasteiger partial charge in [0.2, 0.25) is 0 Å². The summed E-state index contributed by atoms with van der Waals surface area (Å²) < 4.78 is 29.4. The van der Waals surface area contributed by atoms with Crippen molar-refractivity contribution in [1.29, 1.82) is 0 Å². The van der Waals surface area contributed by atoms with Crippen LogP contribution in [0.1, 0.15) is 25.8 Å². The van der Waals surface area contributed by atoms with E-state index in [4.69, 9.17) is 0 Å². The normalized spacial score (nSPS) is 16.6. The van der Waals surface area contributed by atoms with Gasteiger partial charge in [-0.2, -0.15) is 5.10 Å². The molecular weight excluding hydrogens is 332 g/mol. The number of pyridine rings is 1. The zero-order chi connectivity index (χ0) is 16.0. The van der Waals surface area contributed by atoms with E-state index in [1.807, 2.05) is 16.1 Å². The Bertz CT molecular complexity index is 957. The van der Waals surface area contributed by atoms with Crippen molar-refractivity contribution in [3.63, 3.8) is 0 Å². The van der Waals surface area contributed by atoms with Crippen LogP contribution in [0.15, 0.2) is 41.0 Å². The number of anilines is 1. The molecule has 23 heavy (non-hydrogen) atoms. The van der Waals surface area contributed by atoms with Crippen LogP contribution >= 0.6 is 11.3 Å². The summed E-state index contributed by atoms with van der Waals surface area (Å²) in [4.78, 5) is 5.18.